The van der Waals surface area contributed by atoms with Gasteiger partial charge >= 0.3 is 5.97 Å². The van der Waals surface area contributed by atoms with E-state index in [2.05, 4.69) is 26.8 Å². The van der Waals surface area contributed by atoms with Gasteiger partial charge in [0.2, 0.25) is 5.91 Å². The summed E-state index contributed by atoms with van der Waals surface area (Å²) >= 11 is 3.40. The van der Waals surface area contributed by atoms with E-state index in [9.17, 15) is 9.59 Å². The lowest BCUT2D eigenvalue weighted by atomic mass is 10.0. The van der Waals surface area contributed by atoms with Crippen LogP contribution in [0, 0.1) is 0 Å². The van der Waals surface area contributed by atoms with Gasteiger partial charge in [0.05, 0.1) is 6.42 Å². The number of carbonyl (C=O) groups is 2. The number of carbonyl (C=O) groups excluding carboxylic acids is 1. The Morgan fingerprint density at radius 2 is 2.00 bits per heavy atom. The predicted molar refractivity (Wildman–Crippen MR) is 86.1 cm³/mol. The fraction of sp³-hybridized carbons (Fsp3) is 0.467. The van der Waals surface area contributed by atoms with Crippen molar-refractivity contribution in [2.24, 2.45) is 0 Å². The lowest BCUT2D eigenvalue weighted by molar-refractivity contribution is -0.138. The molecule has 1 aliphatic rings. The molecule has 1 aromatic rings. The summed E-state index contributed by atoms with van der Waals surface area (Å²) in [5.41, 5.74) is 7.27. The Morgan fingerprint density at radius 3 is 2.59 bits per heavy atom. The molecule has 2 atom stereocenters. The number of carboxylic acid groups (broad SMARTS) is 1. The number of amides is 1. The van der Waals surface area contributed by atoms with E-state index in [1.54, 1.807) is 4.90 Å². The van der Waals surface area contributed by atoms with Gasteiger partial charge in [0.1, 0.15) is 6.04 Å². The number of nitrogens with zero attached hydrogens (tertiary/aromatic N) is 1. The molecule has 2 rings (SSSR count). The minimum Gasteiger partial charge on any atom is -0.481 e. The minimum absolute atomic E-state index is 0.0319. The number of carboxylic acids is 1. The fourth-order valence-electron chi connectivity index (χ4n) is 2.51. The summed E-state index contributed by atoms with van der Waals surface area (Å²) in [4.78, 5) is 24.7. The molecule has 2 unspecified atom stereocenters. The highest BCUT2D eigenvalue weighted by atomic mass is 79.9. The van der Waals surface area contributed by atoms with Crippen molar-refractivity contribution in [2.45, 2.75) is 31.8 Å². The van der Waals surface area contributed by atoms with Crippen molar-refractivity contribution < 1.29 is 14.7 Å². The van der Waals surface area contributed by atoms with Crippen molar-refractivity contribution in [1.82, 2.24) is 15.8 Å². The van der Waals surface area contributed by atoms with E-state index in [1.165, 1.54) is 0 Å². The summed E-state index contributed by atoms with van der Waals surface area (Å²) in [7, 11) is 0. The quantitative estimate of drug-likeness (QED) is 0.710. The standard InChI is InChI=1S/C15H20BrN3O3/c1-2-19(8-7-14(20)21)15(22)13-9-12(17-18-13)10-3-5-11(16)6-4-10/h3-6,12-13,17-18H,2,7-9H2,1H3,(H,20,21). The third-order valence-electron chi connectivity index (χ3n) is 3.76. The van der Waals surface area contributed by atoms with Gasteiger partial charge in [-0.15, -0.1) is 0 Å². The Kier molecular flexibility index (Phi) is 5.93. The van der Waals surface area contributed by atoms with Crippen LogP contribution >= 0.6 is 15.9 Å². The molecule has 7 heteroatoms. The number of rotatable bonds is 6. The first kappa shape index (κ1) is 16.9. The Morgan fingerprint density at radius 1 is 1.32 bits per heavy atom. The number of hydrogen-bond donors (Lipinski definition) is 3. The van der Waals surface area contributed by atoms with Crippen molar-refractivity contribution in [3.8, 4) is 0 Å². The summed E-state index contributed by atoms with van der Waals surface area (Å²) in [5.74, 6) is -0.952. The van der Waals surface area contributed by atoms with Gasteiger partial charge in [-0.25, -0.2) is 10.9 Å². The summed E-state index contributed by atoms with van der Waals surface area (Å²) in [6.45, 7) is 2.60. The predicted octanol–water partition coefficient (Wildman–Crippen LogP) is 1.68. The minimum atomic E-state index is -0.892. The van der Waals surface area contributed by atoms with E-state index >= 15 is 0 Å². The Hall–Kier alpha value is -1.44. The second-order valence-electron chi connectivity index (χ2n) is 5.24. The van der Waals surface area contributed by atoms with Crippen LogP contribution in [0.15, 0.2) is 28.7 Å². The fourth-order valence-corrected chi connectivity index (χ4v) is 2.77. The molecule has 0 saturated carbocycles. The van der Waals surface area contributed by atoms with Crippen molar-refractivity contribution in [3.63, 3.8) is 0 Å². The monoisotopic (exact) mass is 369 g/mol. The van der Waals surface area contributed by atoms with E-state index in [0.29, 0.717) is 13.0 Å². The first-order valence-electron chi connectivity index (χ1n) is 7.28. The number of nitrogens with one attached hydrogen (secondary N) is 2. The first-order valence-corrected chi connectivity index (χ1v) is 8.07. The van der Waals surface area contributed by atoms with Gasteiger partial charge in [-0.3, -0.25) is 9.59 Å². The molecule has 1 fully saturated rings. The Bertz CT molecular complexity index is 535. The second kappa shape index (κ2) is 7.71. The SMILES string of the molecule is CCN(CCC(=O)O)C(=O)C1CC(c2ccc(Br)cc2)NN1. The van der Waals surface area contributed by atoms with Crippen LogP contribution < -0.4 is 10.9 Å². The number of hydrogen-bond acceptors (Lipinski definition) is 4. The van der Waals surface area contributed by atoms with Gasteiger partial charge in [-0.05, 0) is 31.0 Å². The highest BCUT2D eigenvalue weighted by Crippen LogP contribution is 2.24. The number of halogens is 1. The molecule has 1 heterocycles. The highest BCUT2D eigenvalue weighted by molar-refractivity contribution is 9.10. The molecule has 1 amide bonds. The molecule has 1 aromatic carbocycles. The van der Waals surface area contributed by atoms with Crippen LogP contribution in [-0.2, 0) is 9.59 Å². The molecule has 6 nitrogen and oxygen atoms in total. The van der Waals surface area contributed by atoms with Crippen LogP contribution in [0.3, 0.4) is 0 Å². The third kappa shape index (κ3) is 4.28. The summed E-state index contributed by atoms with van der Waals surface area (Å²) in [6, 6.07) is 7.70. The van der Waals surface area contributed by atoms with Crippen molar-refractivity contribution in [3.05, 3.63) is 34.3 Å². The van der Waals surface area contributed by atoms with Gasteiger partial charge < -0.3 is 10.0 Å². The topological polar surface area (TPSA) is 81.7 Å². The molecule has 0 radical (unpaired) electrons. The molecule has 1 saturated heterocycles. The molecule has 0 aromatic heterocycles. The van der Waals surface area contributed by atoms with Crippen LogP contribution in [0.25, 0.3) is 0 Å². The summed E-state index contributed by atoms with van der Waals surface area (Å²) in [5, 5.41) is 8.75. The maximum Gasteiger partial charge on any atom is 0.305 e. The van der Waals surface area contributed by atoms with E-state index in [0.717, 1.165) is 10.0 Å². The van der Waals surface area contributed by atoms with E-state index in [-0.39, 0.29) is 31.0 Å². The van der Waals surface area contributed by atoms with Crippen molar-refractivity contribution in [2.75, 3.05) is 13.1 Å². The molecule has 0 spiro atoms. The number of likely N-dealkylation sites (N-methyl/N-ethyl adjacent to an activating group) is 1. The van der Waals surface area contributed by atoms with E-state index in [4.69, 9.17) is 5.11 Å². The Balaban J connectivity index is 1.94. The molecule has 1 aliphatic heterocycles. The molecule has 0 aliphatic carbocycles. The van der Waals surface area contributed by atoms with Crippen molar-refractivity contribution in [1.29, 1.82) is 0 Å². The van der Waals surface area contributed by atoms with Crippen LogP contribution in [0.4, 0.5) is 0 Å². The van der Waals surface area contributed by atoms with Crippen molar-refractivity contribution >= 4 is 27.8 Å². The molecular weight excluding hydrogens is 350 g/mol. The number of benzene rings is 1. The van der Waals surface area contributed by atoms with Crippen LogP contribution in [0.5, 0.6) is 0 Å². The first-order chi connectivity index (χ1) is 10.5. The zero-order valence-electron chi connectivity index (χ0n) is 12.4. The van der Waals surface area contributed by atoms with E-state index < -0.39 is 5.97 Å². The number of aliphatic carboxylic acids is 1. The maximum atomic E-state index is 12.4. The third-order valence-corrected chi connectivity index (χ3v) is 4.29. The number of hydrazine groups is 1. The second-order valence-corrected chi connectivity index (χ2v) is 6.16. The van der Waals surface area contributed by atoms with E-state index in [1.807, 2.05) is 31.2 Å². The molecule has 3 N–H and O–H groups in total. The molecule has 120 valence electrons. The Labute approximate surface area is 138 Å². The lowest BCUT2D eigenvalue weighted by Gasteiger charge is -2.23. The lowest BCUT2D eigenvalue weighted by Crippen LogP contribution is -2.46. The average molecular weight is 370 g/mol. The molecule has 22 heavy (non-hydrogen) atoms. The van der Waals surface area contributed by atoms with Crippen LogP contribution in [0.2, 0.25) is 0 Å². The zero-order valence-corrected chi connectivity index (χ0v) is 14.0. The molecule has 0 bridgehead atoms. The maximum absolute atomic E-state index is 12.4. The zero-order chi connectivity index (χ0) is 16.1. The average Bonchev–Trinajstić information content (AvgIpc) is 2.98. The smallest absolute Gasteiger partial charge is 0.305 e. The highest BCUT2D eigenvalue weighted by Gasteiger charge is 2.32. The van der Waals surface area contributed by atoms with Gasteiger partial charge in [-0.1, -0.05) is 28.1 Å². The van der Waals surface area contributed by atoms with Gasteiger partial charge in [-0.2, -0.15) is 0 Å². The summed E-state index contributed by atoms with van der Waals surface area (Å²) in [6.07, 6.45) is 0.611. The molecular formula is C15H20BrN3O3. The van der Waals surface area contributed by atoms with Gasteiger partial charge in [0, 0.05) is 23.6 Å². The van der Waals surface area contributed by atoms with Crippen LogP contribution in [-0.4, -0.2) is 41.0 Å². The van der Waals surface area contributed by atoms with Gasteiger partial charge in [0.15, 0.2) is 0 Å². The summed E-state index contributed by atoms with van der Waals surface area (Å²) < 4.78 is 1.01. The normalized spacial score (nSPS) is 20.8. The largest absolute Gasteiger partial charge is 0.481 e. The van der Waals surface area contributed by atoms with Gasteiger partial charge in [0.25, 0.3) is 0 Å². The van der Waals surface area contributed by atoms with Crippen LogP contribution in [0.1, 0.15) is 31.4 Å².